The maximum Gasteiger partial charge on any atom is 0.363 e. The predicted molar refractivity (Wildman–Crippen MR) is 80.1 cm³/mol. The van der Waals surface area contributed by atoms with Gasteiger partial charge in [0.25, 0.3) is 5.69 Å². The highest BCUT2D eigenvalue weighted by atomic mass is 19.1. The van der Waals surface area contributed by atoms with Crippen molar-refractivity contribution in [3.63, 3.8) is 0 Å². The molecule has 1 aliphatic rings. The number of hydrogen-bond donors (Lipinski definition) is 0. The predicted octanol–water partition coefficient (Wildman–Crippen LogP) is 3.08. The number of hydrogen-bond acceptors (Lipinski definition) is 5. The summed E-state index contributed by atoms with van der Waals surface area (Å²) in [6, 6.07) is 11.6. The van der Waals surface area contributed by atoms with E-state index in [-0.39, 0.29) is 28.4 Å². The van der Waals surface area contributed by atoms with Gasteiger partial charge in [-0.25, -0.2) is 14.2 Å². The van der Waals surface area contributed by atoms with Gasteiger partial charge in [0.2, 0.25) is 5.90 Å². The highest BCUT2D eigenvalue weighted by molar-refractivity contribution is 6.13. The highest BCUT2D eigenvalue weighted by Gasteiger charge is 2.26. The molecule has 0 unspecified atom stereocenters. The molecule has 0 radical (unpaired) electrons. The summed E-state index contributed by atoms with van der Waals surface area (Å²) < 4.78 is 18.7. The lowest BCUT2D eigenvalue weighted by atomic mass is 10.1. The summed E-state index contributed by atoms with van der Waals surface area (Å²) in [5.74, 6) is -1.54. The van der Waals surface area contributed by atoms with Gasteiger partial charge < -0.3 is 4.74 Å². The van der Waals surface area contributed by atoms with Crippen molar-refractivity contribution in [1.82, 2.24) is 0 Å². The van der Waals surface area contributed by atoms with Crippen LogP contribution >= 0.6 is 0 Å². The van der Waals surface area contributed by atoms with Gasteiger partial charge in [-0.2, -0.15) is 0 Å². The van der Waals surface area contributed by atoms with Crippen molar-refractivity contribution in [2.75, 3.05) is 0 Å². The second kappa shape index (κ2) is 5.80. The first kappa shape index (κ1) is 14.6. The Balaban J connectivity index is 2.03. The van der Waals surface area contributed by atoms with E-state index in [0.717, 1.165) is 0 Å². The Morgan fingerprint density at radius 2 is 1.83 bits per heavy atom. The number of nitro groups is 1. The molecule has 2 aromatic rings. The number of benzene rings is 2. The average molecular weight is 312 g/mol. The average Bonchev–Trinajstić information content (AvgIpc) is 2.89. The molecule has 0 bridgehead atoms. The lowest BCUT2D eigenvalue weighted by molar-refractivity contribution is -0.385. The molecule has 0 spiro atoms. The van der Waals surface area contributed by atoms with E-state index in [2.05, 4.69) is 4.99 Å². The number of rotatable bonds is 3. The third kappa shape index (κ3) is 2.84. The number of aliphatic imine (C=N–C) groups is 1. The number of nitro benzene ring substituents is 1. The van der Waals surface area contributed by atoms with Crippen LogP contribution in [-0.2, 0) is 9.53 Å². The Kier molecular flexibility index (Phi) is 3.68. The van der Waals surface area contributed by atoms with E-state index >= 15 is 0 Å². The van der Waals surface area contributed by atoms with E-state index in [4.69, 9.17) is 4.74 Å². The first-order valence-electron chi connectivity index (χ1n) is 6.57. The van der Waals surface area contributed by atoms with Crippen LogP contribution in [0, 0.1) is 15.9 Å². The molecule has 7 heteroatoms. The van der Waals surface area contributed by atoms with E-state index < -0.39 is 16.7 Å². The number of cyclic esters (lactones) is 1. The minimum Gasteiger partial charge on any atom is -0.402 e. The van der Waals surface area contributed by atoms with Crippen LogP contribution in [0.4, 0.5) is 10.1 Å². The molecule has 1 heterocycles. The van der Waals surface area contributed by atoms with Crippen LogP contribution in [0.5, 0.6) is 0 Å². The summed E-state index contributed by atoms with van der Waals surface area (Å²) in [5.41, 5.74) is -0.0327. The maximum absolute atomic E-state index is 13.7. The molecule has 114 valence electrons. The lowest BCUT2D eigenvalue weighted by Gasteiger charge is -1.99. The fraction of sp³-hybridized carbons (Fsp3) is 0. The van der Waals surface area contributed by atoms with Crippen LogP contribution in [0.3, 0.4) is 0 Å². The standard InChI is InChI=1S/C16H9FN2O4/c17-12-7-3-2-6-11(12)15-18-13(16(20)23-15)9-10-5-1-4-8-14(10)19(21)22/h1-9H/b13-9-. The molecule has 0 amide bonds. The van der Waals surface area contributed by atoms with E-state index in [1.54, 1.807) is 12.1 Å². The van der Waals surface area contributed by atoms with Gasteiger partial charge in [-0.15, -0.1) is 0 Å². The van der Waals surface area contributed by atoms with Crippen LogP contribution in [0.1, 0.15) is 11.1 Å². The van der Waals surface area contributed by atoms with Crippen LogP contribution in [0.2, 0.25) is 0 Å². The zero-order valence-electron chi connectivity index (χ0n) is 11.6. The number of nitrogens with zero attached hydrogens (tertiary/aromatic N) is 2. The van der Waals surface area contributed by atoms with Crippen molar-refractivity contribution in [3.05, 3.63) is 81.3 Å². The summed E-state index contributed by atoms with van der Waals surface area (Å²) in [6.07, 6.45) is 1.24. The molecule has 0 atom stereocenters. The Labute approximate surface area is 129 Å². The summed E-state index contributed by atoms with van der Waals surface area (Å²) >= 11 is 0. The lowest BCUT2D eigenvalue weighted by Crippen LogP contribution is -2.07. The van der Waals surface area contributed by atoms with Crippen molar-refractivity contribution in [3.8, 4) is 0 Å². The fourth-order valence-corrected chi connectivity index (χ4v) is 2.08. The van der Waals surface area contributed by atoms with Gasteiger partial charge in [0, 0.05) is 6.07 Å². The third-order valence-corrected chi connectivity index (χ3v) is 3.15. The number of esters is 1. The second-order valence-corrected chi connectivity index (χ2v) is 4.63. The molecule has 0 saturated heterocycles. The number of carbonyl (C=O) groups is 1. The van der Waals surface area contributed by atoms with Gasteiger partial charge in [-0.1, -0.05) is 24.3 Å². The molecule has 3 rings (SSSR count). The van der Waals surface area contributed by atoms with E-state index in [1.807, 2.05) is 0 Å². The third-order valence-electron chi connectivity index (χ3n) is 3.15. The zero-order chi connectivity index (χ0) is 16.4. The van der Waals surface area contributed by atoms with Crippen LogP contribution in [-0.4, -0.2) is 16.8 Å². The highest BCUT2D eigenvalue weighted by Crippen LogP contribution is 2.24. The van der Waals surface area contributed by atoms with Crippen molar-refractivity contribution in [2.24, 2.45) is 4.99 Å². The number of halogens is 1. The molecular weight excluding hydrogens is 303 g/mol. The molecule has 0 aliphatic carbocycles. The van der Waals surface area contributed by atoms with Crippen LogP contribution in [0.25, 0.3) is 6.08 Å². The van der Waals surface area contributed by atoms with Gasteiger partial charge in [0.05, 0.1) is 16.1 Å². The van der Waals surface area contributed by atoms with Crippen LogP contribution < -0.4 is 0 Å². The van der Waals surface area contributed by atoms with E-state index in [1.165, 1.54) is 42.5 Å². The Hall–Kier alpha value is -3.35. The molecule has 0 aromatic heterocycles. The first-order chi connectivity index (χ1) is 11.1. The molecule has 23 heavy (non-hydrogen) atoms. The minimum absolute atomic E-state index is 0.0480. The van der Waals surface area contributed by atoms with Gasteiger partial charge in [-0.05, 0) is 24.3 Å². The molecule has 2 aromatic carbocycles. The Bertz CT molecular complexity index is 874. The van der Waals surface area contributed by atoms with Crippen molar-refractivity contribution in [1.29, 1.82) is 0 Å². The Morgan fingerprint density at radius 3 is 2.57 bits per heavy atom. The first-order valence-corrected chi connectivity index (χ1v) is 6.57. The van der Waals surface area contributed by atoms with Crippen molar-refractivity contribution >= 4 is 23.6 Å². The molecule has 6 nitrogen and oxygen atoms in total. The number of carbonyl (C=O) groups excluding carboxylic acids is 1. The second-order valence-electron chi connectivity index (χ2n) is 4.63. The summed E-state index contributed by atoms with van der Waals surface area (Å²) in [5, 5.41) is 11.0. The largest absolute Gasteiger partial charge is 0.402 e. The SMILES string of the molecule is O=C1OC(c2ccccc2F)=N/C1=C\c1ccccc1[N+](=O)[O-]. The smallest absolute Gasteiger partial charge is 0.363 e. The Morgan fingerprint density at radius 1 is 1.13 bits per heavy atom. The van der Waals surface area contributed by atoms with Gasteiger partial charge in [0.1, 0.15) is 5.82 Å². The quantitative estimate of drug-likeness (QED) is 0.377. The van der Waals surface area contributed by atoms with Crippen molar-refractivity contribution in [2.45, 2.75) is 0 Å². The van der Waals surface area contributed by atoms with Crippen molar-refractivity contribution < 1.29 is 18.8 Å². The minimum atomic E-state index is -0.790. The maximum atomic E-state index is 13.7. The molecule has 1 aliphatic heterocycles. The van der Waals surface area contributed by atoms with Crippen LogP contribution in [0.15, 0.2) is 59.2 Å². The summed E-state index contributed by atoms with van der Waals surface area (Å²) in [4.78, 5) is 26.2. The molecular formula is C16H9FN2O4. The molecule has 0 N–H and O–H groups in total. The summed E-state index contributed by atoms with van der Waals surface area (Å²) in [6.45, 7) is 0. The summed E-state index contributed by atoms with van der Waals surface area (Å²) in [7, 11) is 0. The zero-order valence-corrected chi connectivity index (χ0v) is 11.6. The van der Waals surface area contributed by atoms with Gasteiger partial charge in [-0.3, -0.25) is 10.1 Å². The van der Waals surface area contributed by atoms with E-state index in [0.29, 0.717) is 0 Å². The molecule has 0 fully saturated rings. The fourth-order valence-electron chi connectivity index (χ4n) is 2.08. The molecule has 0 saturated carbocycles. The van der Waals surface area contributed by atoms with Gasteiger partial charge >= 0.3 is 5.97 Å². The van der Waals surface area contributed by atoms with E-state index in [9.17, 15) is 19.3 Å². The van der Waals surface area contributed by atoms with Gasteiger partial charge in [0.15, 0.2) is 5.70 Å². The number of para-hydroxylation sites is 1. The monoisotopic (exact) mass is 312 g/mol. The number of ether oxygens (including phenoxy) is 1. The normalized spacial score (nSPS) is 15.4. The topological polar surface area (TPSA) is 81.8 Å².